The number of ether oxygens (including phenoxy) is 3. The minimum absolute atomic E-state index is 0.000959. The molecule has 0 bridgehead atoms. The van der Waals surface area contributed by atoms with E-state index in [1.165, 1.54) is 34.9 Å². The second-order valence-electron chi connectivity index (χ2n) is 24.8. The summed E-state index contributed by atoms with van der Waals surface area (Å²) in [5, 5.41) is 22.2. The molecule has 0 unspecified atom stereocenters. The molecule has 23 nitrogen and oxygen atoms in total. The molecule has 3 aromatic rings. The number of Topliss-reactive ketones (excluding diaryl/α,β-unsaturated/α-hetero) is 2. The van der Waals surface area contributed by atoms with Crippen LogP contribution in [-0.2, 0) is 65.6 Å². The summed E-state index contributed by atoms with van der Waals surface area (Å²) in [6.07, 6.45) is 8.85. The number of rotatable bonds is 25. The molecule has 90 heavy (non-hydrogen) atoms. The number of esters is 1. The minimum Gasteiger partial charge on any atom is -0.457 e. The van der Waals surface area contributed by atoms with Gasteiger partial charge in [0.2, 0.25) is 17.7 Å². The van der Waals surface area contributed by atoms with E-state index in [2.05, 4.69) is 15.6 Å². The van der Waals surface area contributed by atoms with Gasteiger partial charge in [0.25, 0.3) is 11.8 Å². The van der Waals surface area contributed by atoms with Crippen molar-refractivity contribution in [2.45, 2.75) is 175 Å². The van der Waals surface area contributed by atoms with Crippen molar-refractivity contribution in [1.29, 1.82) is 0 Å². The van der Waals surface area contributed by atoms with E-state index >= 15 is 4.39 Å². The molecule has 7 amide bonds. The predicted octanol–water partition coefficient (Wildman–Crippen LogP) is 7.26. The van der Waals surface area contributed by atoms with Gasteiger partial charge in [-0.3, -0.25) is 43.3 Å². The predicted molar refractivity (Wildman–Crippen MR) is 329 cm³/mol. The first-order chi connectivity index (χ1) is 42.9. The standard InChI is InChI=1S/C66H88FN9O14/c1-41(2)52(38-50(78)12-8-7-11-27-75-59(82)23-24-60(75)83)64(85)69-54(13-9-10-14-58(68)81)56(80)37-46-17-19-47(20-18-46)40-88-65(86)73-30-32-74(33-31-73)66(87)89-57-22-16-43(4)63(90-61(84)39-51(79)21-15-42(57)3)44(5)34-48-35-53(67)62-55(36-48)76(71-70-62)49-25-28-72(29-26-49)45(6)77/h16-20,22-24,34-36,41-43,49,51-52,54,57,63,79H,7-15,21,25-33,37-40H2,1-6H3,(H2,68,81)(H,69,85)/b22-16+,44-34+/t42-,43-,51+,52-,54-,57-,63-/m0/s1. The number of likely N-dealkylation sites (tertiary alicyclic amines) is 1. The molecule has 2 fully saturated rings. The van der Waals surface area contributed by atoms with Crippen LogP contribution in [0.4, 0.5) is 14.0 Å². The molecule has 488 valence electrons. The Morgan fingerprint density at radius 3 is 2.12 bits per heavy atom. The number of carbonyl (C=O) groups excluding carboxylic acids is 10. The van der Waals surface area contributed by atoms with Gasteiger partial charge in [0.05, 0.1) is 30.1 Å². The number of piperazine rings is 1. The van der Waals surface area contributed by atoms with Crippen LogP contribution in [0, 0.1) is 29.5 Å². The molecule has 7 rings (SSSR count). The van der Waals surface area contributed by atoms with Crippen LogP contribution in [-0.4, -0.2) is 169 Å². The number of nitrogens with zero attached hydrogens (tertiary/aromatic N) is 7. The molecule has 24 heteroatoms. The van der Waals surface area contributed by atoms with Crippen LogP contribution in [0.2, 0.25) is 0 Å². The number of ketones is 2. The molecule has 0 spiro atoms. The molecule has 4 aliphatic heterocycles. The van der Waals surface area contributed by atoms with Crippen molar-refractivity contribution in [3.8, 4) is 0 Å². The molecular weight excluding hydrogens is 1160 g/mol. The van der Waals surface area contributed by atoms with Crippen LogP contribution in [0.3, 0.4) is 0 Å². The molecule has 7 atom stereocenters. The summed E-state index contributed by atoms with van der Waals surface area (Å²) in [5.74, 6) is -4.76. The highest BCUT2D eigenvalue weighted by Gasteiger charge is 2.33. The van der Waals surface area contributed by atoms with Gasteiger partial charge in [-0.05, 0) is 111 Å². The van der Waals surface area contributed by atoms with Gasteiger partial charge in [0, 0.05) is 102 Å². The summed E-state index contributed by atoms with van der Waals surface area (Å²) in [4.78, 5) is 134. The van der Waals surface area contributed by atoms with Crippen LogP contribution in [0.15, 0.2) is 66.3 Å². The molecule has 4 aliphatic rings. The maximum Gasteiger partial charge on any atom is 0.410 e. The number of primary amides is 1. The highest BCUT2D eigenvalue weighted by Crippen LogP contribution is 2.31. The first-order valence-corrected chi connectivity index (χ1v) is 31.6. The zero-order chi connectivity index (χ0) is 65.2. The van der Waals surface area contributed by atoms with Crippen LogP contribution in [0.1, 0.15) is 154 Å². The Bertz CT molecular complexity index is 3140. The number of nitrogens with one attached hydrogen (secondary N) is 1. The fourth-order valence-corrected chi connectivity index (χ4v) is 11.8. The van der Waals surface area contributed by atoms with E-state index in [0.717, 1.165) is 4.90 Å². The Balaban J connectivity index is 0.890. The number of aliphatic hydroxyl groups is 1. The summed E-state index contributed by atoms with van der Waals surface area (Å²) in [6.45, 7) is 12.7. The summed E-state index contributed by atoms with van der Waals surface area (Å²) >= 11 is 0. The van der Waals surface area contributed by atoms with Gasteiger partial charge in [-0.25, -0.2) is 18.7 Å². The Morgan fingerprint density at radius 1 is 0.811 bits per heavy atom. The Labute approximate surface area is 524 Å². The fraction of sp³-hybridized carbons (Fsp3) is 0.576. The number of unbranched alkanes of at least 4 members (excludes halogenated alkanes) is 3. The molecular formula is C66H88FN9O14. The number of aliphatic hydroxyl groups excluding tert-OH is 1. The van der Waals surface area contributed by atoms with E-state index in [4.69, 9.17) is 19.9 Å². The molecule has 0 radical (unpaired) electrons. The number of hydrogen-bond donors (Lipinski definition) is 3. The second kappa shape index (κ2) is 33.1. The fourth-order valence-electron chi connectivity index (χ4n) is 11.8. The quantitative estimate of drug-likeness (QED) is 0.0247. The highest BCUT2D eigenvalue weighted by molar-refractivity contribution is 6.12. The van der Waals surface area contributed by atoms with Crippen LogP contribution in [0.5, 0.6) is 0 Å². The molecule has 2 aromatic carbocycles. The number of nitrogens with two attached hydrogens (primary N) is 1. The smallest absolute Gasteiger partial charge is 0.410 e. The van der Waals surface area contributed by atoms with Crippen molar-refractivity contribution >= 4 is 76.4 Å². The number of benzene rings is 2. The van der Waals surface area contributed by atoms with Gasteiger partial charge < -0.3 is 45.1 Å². The summed E-state index contributed by atoms with van der Waals surface area (Å²) in [7, 11) is 0. The normalized spacial score (nSPS) is 21.5. The van der Waals surface area contributed by atoms with Gasteiger partial charge in [0.15, 0.2) is 11.6 Å². The third kappa shape index (κ3) is 19.9. The topological polar surface area (TPSA) is 300 Å². The largest absolute Gasteiger partial charge is 0.457 e. The van der Waals surface area contributed by atoms with Crippen molar-refractivity contribution in [3.63, 3.8) is 0 Å². The number of fused-ring (bicyclic) bond motifs is 1. The molecule has 1 aromatic heterocycles. The Morgan fingerprint density at radius 2 is 1.47 bits per heavy atom. The Kier molecular flexibility index (Phi) is 25.5. The van der Waals surface area contributed by atoms with E-state index in [0.29, 0.717) is 92.2 Å². The maximum atomic E-state index is 15.6. The van der Waals surface area contributed by atoms with Crippen LogP contribution >= 0.6 is 0 Å². The maximum absolute atomic E-state index is 15.6. The van der Waals surface area contributed by atoms with E-state index < -0.39 is 72.0 Å². The van der Waals surface area contributed by atoms with Crippen molar-refractivity contribution < 1.29 is 71.7 Å². The number of carbonyl (C=O) groups is 10. The highest BCUT2D eigenvalue weighted by atomic mass is 19.1. The van der Waals surface area contributed by atoms with Crippen molar-refractivity contribution in [2.24, 2.45) is 29.4 Å². The van der Waals surface area contributed by atoms with Crippen molar-refractivity contribution in [1.82, 2.24) is 39.9 Å². The third-order valence-electron chi connectivity index (χ3n) is 17.4. The average molecular weight is 1250 g/mol. The number of piperidine rings is 1. The first kappa shape index (κ1) is 69.3. The lowest BCUT2D eigenvalue weighted by Crippen LogP contribution is -2.51. The van der Waals surface area contributed by atoms with Crippen LogP contribution in [0.25, 0.3) is 17.1 Å². The van der Waals surface area contributed by atoms with Gasteiger partial charge in [-0.1, -0.05) is 82.2 Å². The lowest BCUT2D eigenvalue weighted by atomic mass is 9.88. The second-order valence-corrected chi connectivity index (χ2v) is 24.8. The number of halogens is 1. The lowest BCUT2D eigenvalue weighted by molar-refractivity contribution is -0.151. The van der Waals surface area contributed by atoms with Gasteiger partial charge in [-0.15, -0.1) is 5.10 Å². The van der Waals surface area contributed by atoms with Crippen LogP contribution < -0.4 is 11.1 Å². The zero-order valence-corrected chi connectivity index (χ0v) is 52.7. The minimum atomic E-state index is -1.02. The monoisotopic (exact) mass is 1250 g/mol. The lowest BCUT2D eigenvalue weighted by Gasteiger charge is -2.35. The van der Waals surface area contributed by atoms with Crippen molar-refractivity contribution in [2.75, 3.05) is 45.8 Å². The zero-order valence-electron chi connectivity index (χ0n) is 52.7. The van der Waals surface area contributed by atoms with E-state index in [1.54, 1.807) is 59.0 Å². The summed E-state index contributed by atoms with van der Waals surface area (Å²) in [5.41, 5.74) is 8.38. The number of imide groups is 1. The van der Waals surface area contributed by atoms with E-state index in [9.17, 15) is 53.1 Å². The first-order valence-electron chi connectivity index (χ1n) is 31.6. The SMILES string of the molecule is CC(=O)N1CCC(n2nnc3c(F)cc(/C=C(\C)[C@H]4OC(=O)C[C@H](O)CC[C@H](C)[C@@H](OC(=O)N5CCN(C(=O)OCc6ccc(CC(=O)[C@H](CCCCC(N)=O)NC(=O)[C@@H](CC(=O)CCCCCN7C(=O)C=CC7=O)C(C)C)cc6)CC5)/C=C/[C@@H]4C)cc32)CC1. The Hall–Kier alpha value is -8.15. The number of cyclic esters (lactones) is 1. The average Bonchev–Trinajstić information content (AvgIpc) is 2.00. The molecule has 5 heterocycles. The molecule has 2 saturated heterocycles. The van der Waals surface area contributed by atoms with Gasteiger partial charge >= 0.3 is 18.2 Å². The van der Waals surface area contributed by atoms with Gasteiger partial charge in [-0.2, -0.15) is 0 Å². The van der Waals surface area contributed by atoms with Crippen molar-refractivity contribution in [3.05, 3.63) is 88.8 Å². The number of amides is 7. The van der Waals surface area contributed by atoms with Gasteiger partial charge in [0.1, 0.15) is 30.1 Å². The summed E-state index contributed by atoms with van der Waals surface area (Å²) < 4.78 is 35.1. The van der Waals surface area contributed by atoms with E-state index in [-0.39, 0.29) is 137 Å². The van der Waals surface area contributed by atoms with E-state index in [1.807, 2.05) is 33.8 Å². The summed E-state index contributed by atoms with van der Waals surface area (Å²) in [6, 6.07) is 9.11. The number of hydrogen-bond acceptors (Lipinski definition) is 16. The molecule has 4 N–H and O–H groups in total. The third-order valence-corrected chi connectivity index (χ3v) is 17.4. The molecule has 0 saturated carbocycles. The number of aromatic nitrogens is 3. The molecule has 0 aliphatic carbocycles.